The molecule has 0 radical (unpaired) electrons. The van der Waals surface area contributed by atoms with Crippen LogP contribution in [0, 0.1) is 6.92 Å². The fourth-order valence-electron chi connectivity index (χ4n) is 2.07. The lowest BCUT2D eigenvalue weighted by Gasteiger charge is -2.01. The highest BCUT2D eigenvalue weighted by Crippen LogP contribution is 2.23. The van der Waals surface area contributed by atoms with E-state index in [-0.39, 0.29) is 0 Å². The van der Waals surface area contributed by atoms with Crippen molar-refractivity contribution in [3.8, 4) is 11.3 Å². The number of aryl methyl sites for hydroxylation is 2. The Morgan fingerprint density at radius 3 is 2.84 bits per heavy atom. The number of carbonyl (C=O) groups excluding carboxylic acids is 1. The van der Waals surface area contributed by atoms with Crippen LogP contribution in [-0.2, 0) is 7.05 Å². The molecule has 0 saturated heterocycles. The molecule has 0 aliphatic carbocycles. The molecule has 0 atom stereocenters. The molecule has 0 aliphatic rings. The first kappa shape index (κ1) is 11.5. The molecule has 2 heterocycles. The Hall–Kier alpha value is -2.56. The number of hydrogen-bond donors (Lipinski definition) is 0. The van der Waals surface area contributed by atoms with E-state index < -0.39 is 0 Å². The van der Waals surface area contributed by atoms with Crippen LogP contribution in [0.4, 0.5) is 0 Å². The van der Waals surface area contributed by atoms with Crippen molar-refractivity contribution < 1.29 is 4.79 Å². The Morgan fingerprint density at radius 2 is 2.05 bits per heavy atom. The van der Waals surface area contributed by atoms with Gasteiger partial charge in [-0.2, -0.15) is 0 Å². The van der Waals surface area contributed by atoms with Crippen LogP contribution < -0.4 is 0 Å². The summed E-state index contributed by atoms with van der Waals surface area (Å²) < 4.78 is 2.04. The van der Waals surface area contributed by atoms with Crippen molar-refractivity contribution in [1.82, 2.24) is 19.5 Å². The maximum Gasteiger partial charge on any atom is 0.168 e. The highest BCUT2D eigenvalue weighted by molar-refractivity contribution is 5.82. The van der Waals surface area contributed by atoms with E-state index in [2.05, 4.69) is 15.0 Å². The monoisotopic (exact) mass is 252 g/mol. The molecule has 2 aromatic heterocycles. The molecule has 0 aliphatic heterocycles. The zero-order valence-corrected chi connectivity index (χ0v) is 10.7. The zero-order valence-electron chi connectivity index (χ0n) is 10.7. The molecular formula is C14H12N4O. The van der Waals surface area contributed by atoms with Crippen molar-refractivity contribution in [1.29, 1.82) is 0 Å². The van der Waals surface area contributed by atoms with Crippen molar-refractivity contribution in [2.45, 2.75) is 6.92 Å². The second-order valence-electron chi connectivity index (χ2n) is 4.37. The molecule has 0 amide bonds. The number of fused-ring (bicyclic) bond motifs is 1. The quantitative estimate of drug-likeness (QED) is 0.656. The van der Waals surface area contributed by atoms with E-state index in [1.54, 1.807) is 6.07 Å². The van der Waals surface area contributed by atoms with Gasteiger partial charge < -0.3 is 4.57 Å². The predicted molar refractivity (Wildman–Crippen MR) is 71.9 cm³/mol. The number of hydrogen-bond acceptors (Lipinski definition) is 4. The molecule has 5 nitrogen and oxygen atoms in total. The molecule has 3 rings (SSSR count). The minimum Gasteiger partial charge on any atom is -0.331 e. The third-order valence-electron chi connectivity index (χ3n) is 3.21. The third-order valence-corrected chi connectivity index (χ3v) is 3.21. The van der Waals surface area contributed by atoms with Gasteiger partial charge in [-0.15, -0.1) is 0 Å². The molecule has 19 heavy (non-hydrogen) atoms. The average Bonchev–Trinajstić information content (AvgIpc) is 2.73. The Balaban J connectivity index is 2.17. The minimum atomic E-state index is 0.377. The first-order valence-electron chi connectivity index (χ1n) is 5.90. The standard InChI is InChI=1S/C14H12N4O/c1-9-17-13-5-10(3-4-14(13)18(9)2)12-6-11(7-19)15-8-16-12/h3-8H,1-2H3. The summed E-state index contributed by atoms with van der Waals surface area (Å²) in [6, 6.07) is 7.62. The van der Waals surface area contributed by atoms with Crippen LogP contribution in [0.1, 0.15) is 16.3 Å². The van der Waals surface area contributed by atoms with Gasteiger partial charge in [-0.1, -0.05) is 6.07 Å². The maximum atomic E-state index is 10.7. The molecule has 0 unspecified atom stereocenters. The Bertz CT molecular complexity index is 776. The Morgan fingerprint density at radius 1 is 1.21 bits per heavy atom. The van der Waals surface area contributed by atoms with Crippen LogP contribution in [0.5, 0.6) is 0 Å². The summed E-state index contributed by atoms with van der Waals surface area (Å²) in [6.07, 6.45) is 2.11. The van der Waals surface area contributed by atoms with Gasteiger partial charge >= 0.3 is 0 Å². The predicted octanol–water partition coefficient (Wildman–Crippen LogP) is 2.15. The number of carbonyl (C=O) groups is 1. The van der Waals surface area contributed by atoms with Crippen LogP contribution in [-0.4, -0.2) is 25.8 Å². The fraction of sp³-hybridized carbons (Fsp3) is 0.143. The van der Waals surface area contributed by atoms with E-state index in [0.717, 1.165) is 28.1 Å². The van der Waals surface area contributed by atoms with Gasteiger partial charge in [-0.3, -0.25) is 4.79 Å². The van der Waals surface area contributed by atoms with Crippen molar-refractivity contribution >= 4 is 17.3 Å². The molecule has 0 spiro atoms. The molecule has 94 valence electrons. The summed E-state index contributed by atoms with van der Waals surface area (Å²) in [7, 11) is 1.99. The first-order chi connectivity index (χ1) is 9.19. The Labute approximate surface area is 110 Å². The lowest BCUT2D eigenvalue weighted by Crippen LogP contribution is -1.92. The van der Waals surface area contributed by atoms with Crippen LogP contribution >= 0.6 is 0 Å². The topological polar surface area (TPSA) is 60.7 Å². The lowest BCUT2D eigenvalue weighted by molar-refractivity contribution is 0.111. The van der Waals surface area contributed by atoms with E-state index in [0.29, 0.717) is 12.0 Å². The summed E-state index contributed by atoms with van der Waals surface area (Å²) >= 11 is 0. The van der Waals surface area contributed by atoms with Gasteiger partial charge in [0.15, 0.2) is 6.29 Å². The first-order valence-corrected chi connectivity index (χ1v) is 5.90. The van der Waals surface area contributed by atoms with Crippen LogP contribution in [0.25, 0.3) is 22.3 Å². The second-order valence-corrected chi connectivity index (χ2v) is 4.37. The number of aromatic nitrogens is 4. The average molecular weight is 252 g/mol. The van der Waals surface area contributed by atoms with Crippen molar-refractivity contribution in [2.24, 2.45) is 7.05 Å². The molecule has 5 heteroatoms. The minimum absolute atomic E-state index is 0.377. The van der Waals surface area contributed by atoms with Crippen molar-refractivity contribution in [3.63, 3.8) is 0 Å². The number of benzene rings is 1. The summed E-state index contributed by atoms with van der Waals surface area (Å²) in [6.45, 7) is 1.97. The van der Waals surface area contributed by atoms with Crippen molar-refractivity contribution in [3.05, 3.63) is 42.1 Å². The van der Waals surface area contributed by atoms with Crippen LogP contribution in [0.15, 0.2) is 30.6 Å². The normalized spacial score (nSPS) is 10.8. The number of imidazole rings is 1. The zero-order chi connectivity index (χ0) is 13.4. The van der Waals surface area contributed by atoms with Crippen LogP contribution in [0.3, 0.4) is 0 Å². The molecule has 1 aromatic carbocycles. The van der Waals surface area contributed by atoms with Gasteiger partial charge in [0, 0.05) is 12.6 Å². The highest BCUT2D eigenvalue weighted by Gasteiger charge is 2.07. The summed E-state index contributed by atoms with van der Waals surface area (Å²) in [5.74, 6) is 0.961. The smallest absolute Gasteiger partial charge is 0.168 e. The number of nitrogens with zero attached hydrogens (tertiary/aromatic N) is 4. The summed E-state index contributed by atoms with van der Waals surface area (Å²) in [5.41, 5.74) is 4.02. The van der Waals surface area contributed by atoms with Gasteiger partial charge in [-0.25, -0.2) is 15.0 Å². The van der Waals surface area contributed by atoms with Gasteiger partial charge in [0.1, 0.15) is 17.8 Å². The van der Waals surface area contributed by atoms with E-state index in [1.165, 1.54) is 6.33 Å². The number of aldehydes is 1. The van der Waals surface area contributed by atoms with Crippen molar-refractivity contribution in [2.75, 3.05) is 0 Å². The maximum absolute atomic E-state index is 10.7. The molecular weight excluding hydrogens is 240 g/mol. The largest absolute Gasteiger partial charge is 0.331 e. The fourth-order valence-corrected chi connectivity index (χ4v) is 2.07. The summed E-state index contributed by atoms with van der Waals surface area (Å²) in [4.78, 5) is 23.3. The lowest BCUT2D eigenvalue weighted by atomic mass is 10.1. The SMILES string of the molecule is Cc1nc2cc(-c3cc(C=O)ncn3)ccc2n1C. The van der Waals surface area contributed by atoms with E-state index in [4.69, 9.17) is 0 Å². The molecule has 3 aromatic rings. The Kier molecular flexibility index (Phi) is 2.59. The molecule has 0 saturated carbocycles. The van der Waals surface area contributed by atoms with Crippen LogP contribution in [0.2, 0.25) is 0 Å². The molecule has 0 bridgehead atoms. The second kappa shape index (κ2) is 4.28. The highest BCUT2D eigenvalue weighted by atomic mass is 16.1. The van der Waals surface area contributed by atoms with E-state index in [9.17, 15) is 4.79 Å². The number of rotatable bonds is 2. The van der Waals surface area contributed by atoms with Gasteiger partial charge in [0.2, 0.25) is 0 Å². The van der Waals surface area contributed by atoms with Gasteiger partial charge in [0.25, 0.3) is 0 Å². The van der Waals surface area contributed by atoms with E-state index >= 15 is 0 Å². The third kappa shape index (κ3) is 1.89. The molecule has 0 fully saturated rings. The van der Waals surface area contributed by atoms with Gasteiger partial charge in [-0.05, 0) is 25.1 Å². The van der Waals surface area contributed by atoms with E-state index in [1.807, 2.05) is 36.7 Å². The molecule has 0 N–H and O–H groups in total. The van der Waals surface area contributed by atoms with Gasteiger partial charge in [0.05, 0.1) is 16.7 Å². The summed E-state index contributed by atoms with van der Waals surface area (Å²) in [5, 5.41) is 0.